The molecular formula is C26H34O5. The van der Waals surface area contributed by atoms with Gasteiger partial charge >= 0.3 is 5.97 Å². The second-order valence-electron chi connectivity index (χ2n) is 11.7. The minimum atomic E-state index is -0.899. The Balaban J connectivity index is 1.54. The van der Waals surface area contributed by atoms with Gasteiger partial charge < -0.3 is 9.84 Å². The third-order valence-electron chi connectivity index (χ3n) is 10.1. The largest absolute Gasteiger partial charge is 0.465 e. The van der Waals surface area contributed by atoms with Gasteiger partial charge in [0.15, 0.2) is 11.6 Å². The van der Waals surface area contributed by atoms with Crippen LogP contribution in [0.4, 0.5) is 0 Å². The summed E-state index contributed by atoms with van der Waals surface area (Å²) in [4.78, 5) is 37.2. The predicted octanol–water partition coefficient (Wildman–Crippen LogP) is 3.94. The Bertz CT molecular complexity index is 913. The van der Waals surface area contributed by atoms with Crippen LogP contribution < -0.4 is 0 Å². The first-order chi connectivity index (χ1) is 14.5. The number of hydrogen-bond acceptors (Lipinski definition) is 5. The number of fused-ring (bicyclic) bond motifs is 1. The Morgan fingerprint density at radius 2 is 1.74 bits per heavy atom. The van der Waals surface area contributed by atoms with Crippen LogP contribution in [-0.2, 0) is 19.1 Å². The van der Waals surface area contributed by atoms with E-state index in [2.05, 4.69) is 13.8 Å². The van der Waals surface area contributed by atoms with E-state index in [1.807, 2.05) is 6.92 Å². The average Bonchev–Trinajstić information content (AvgIpc) is 2.70. The zero-order valence-electron chi connectivity index (χ0n) is 18.9. The Hall–Kier alpha value is -1.75. The molecule has 5 rings (SSSR count). The highest BCUT2D eigenvalue weighted by Gasteiger charge is 2.69. The molecule has 168 valence electrons. The van der Waals surface area contributed by atoms with Gasteiger partial charge in [-0.05, 0) is 100 Å². The molecule has 0 aromatic rings. The first-order valence-electron chi connectivity index (χ1n) is 11.9. The molecule has 1 saturated heterocycles. The van der Waals surface area contributed by atoms with Gasteiger partial charge in [-0.3, -0.25) is 14.4 Å². The van der Waals surface area contributed by atoms with Crippen molar-refractivity contribution in [3.63, 3.8) is 0 Å². The lowest BCUT2D eigenvalue weighted by molar-refractivity contribution is -0.256. The second-order valence-corrected chi connectivity index (χ2v) is 11.7. The van der Waals surface area contributed by atoms with E-state index < -0.39 is 11.0 Å². The van der Waals surface area contributed by atoms with Gasteiger partial charge in [-0.25, -0.2) is 0 Å². The van der Waals surface area contributed by atoms with Gasteiger partial charge in [-0.15, -0.1) is 0 Å². The molecule has 3 saturated carbocycles. The van der Waals surface area contributed by atoms with Crippen LogP contribution in [0.25, 0.3) is 0 Å². The Labute approximate surface area is 184 Å². The van der Waals surface area contributed by atoms with E-state index in [0.29, 0.717) is 36.9 Å². The highest BCUT2D eigenvalue weighted by molar-refractivity contribution is 6.17. The number of ether oxygens (including phenoxy) is 1. The van der Waals surface area contributed by atoms with E-state index in [1.165, 1.54) is 18.2 Å². The summed E-state index contributed by atoms with van der Waals surface area (Å²) in [6.07, 6.45) is 11.0. The minimum Gasteiger partial charge on any atom is -0.465 e. The zero-order chi connectivity index (χ0) is 22.2. The SMILES string of the molecule is C[C@@]12CC[C@@H]3[C@]4(CCC[C@]3(C)C(=O)OC4)[C@H]1CC[C@](C)(O)[C@H]2CC1=CC(=O)C=CC1=O. The summed E-state index contributed by atoms with van der Waals surface area (Å²) < 4.78 is 5.85. The zero-order valence-corrected chi connectivity index (χ0v) is 18.9. The summed E-state index contributed by atoms with van der Waals surface area (Å²) in [7, 11) is 0. The van der Waals surface area contributed by atoms with Gasteiger partial charge in [0, 0.05) is 11.0 Å². The highest BCUT2D eigenvalue weighted by Crippen LogP contribution is 2.71. The molecule has 0 spiro atoms. The molecule has 31 heavy (non-hydrogen) atoms. The number of rotatable bonds is 2. The van der Waals surface area contributed by atoms with Crippen LogP contribution >= 0.6 is 0 Å². The maximum atomic E-state index is 12.8. The van der Waals surface area contributed by atoms with E-state index in [0.717, 1.165) is 38.5 Å². The Morgan fingerprint density at radius 1 is 1.00 bits per heavy atom. The van der Waals surface area contributed by atoms with E-state index in [9.17, 15) is 19.5 Å². The van der Waals surface area contributed by atoms with Gasteiger partial charge in [0.25, 0.3) is 0 Å². The van der Waals surface area contributed by atoms with Crippen LogP contribution in [0, 0.1) is 34.0 Å². The van der Waals surface area contributed by atoms with Crippen LogP contribution in [0.3, 0.4) is 0 Å². The van der Waals surface area contributed by atoms with Gasteiger partial charge in [0.1, 0.15) is 0 Å². The van der Waals surface area contributed by atoms with Crippen LogP contribution in [0.2, 0.25) is 0 Å². The molecule has 1 N–H and O–H groups in total. The molecule has 0 aromatic heterocycles. The van der Waals surface area contributed by atoms with Crippen molar-refractivity contribution in [2.24, 2.45) is 34.0 Å². The van der Waals surface area contributed by atoms with Crippen molar-refractivity contribution in [3.8, 4) is 0 Å². The van der Waals surface area contributed by atoms with Crippen LogP contribution in [0.1, 0.15) is 72.1 Å². The topological polar surface area (TPSA) is 80.7 Å². The van der Waals surface area contributed by atoms with Crippen molar-refractivity contribution in [3.05, 3.63) is 23.8 Å². The summed E-state index contributed by atoms with van der Waals surface area (Å²) in [6.45, 7) is 6.79. The molecule has 1 aliphatic heterocycles. The van der Waals surface area contributed by atoms with E-state index in [-0.39, 0.29) is 34.3 Å². The minimum absolute atomic E-state index is 0.0287. The quantitative estimate of drug-likeness (QED) is 0.534. The lowest BCUT2D eigenvalue weighted by atomic mass is 9.37. The summed E-state index contributed by atoms with van der Waals surface area (Å²) >= 11 is 0. The van der Waals surface area contributed by atoms with Gasteiger partial charge in [-0.1, -0.05) is 13.3 Å². The van der Waals surface area contributed by atoms with Crippen molar-refractivity contribution in [2.45, 2.75) is 77.7 Å². The first kappa shape index (κ1) is 21.1. The molecule has 5 aliphatic rings. The highest BCUT2D eigenvalue weighted by atomic mass is 16.5. The smallest absolute Gasteiger partial charge is 0.312 e. The van der Waals surface area contributed by atoms with Crippen LogP contribution in [0.5, 0.6) is 0 Å². The van der Waals surface area contributed by atoms with Crippen LogP contribution in [0.15, 0.2) is 23.8 Å². The van der Waals surface area contributed by atoms with Gasteiger partial charge in [0.05, 0.1) is 17.6 Å². The molecule has 4 aliphatic carbocycles. The number of esters is 1. The second kappa shape index (κ2) is 6.63. The number of ketones is 2. The number of hydrogen-bond donors (Lipinski definition) is 1. The summed E-state index contributed by atoms with van der Waals surface area (Å²) in [5.41, 5.74) is -0.993. The number of cyclic esters (lactones) is 1. The number of carbonyl (C=O) groups is 3. The molecule has 0 aromatic carbocycles. The molecule has 0 radical (unpaired) electrons. The number of allylic oxidation sites excluding steroid dienone is 4. The maximum Gasteiger partial charge on any atom is 0.312 e. The molecule has 2 bridgehead atoms. The summed E-state index contributed by atoms with van der Waals surface area (Å²) in [6, 6.07) is 0. The van der Waals surface area contributed by atoms with Crippen LogP contribution in [-0.4, -0.2) is 34.9 Å². The van der Waals surface area contributed by atoms with E-state index in [4.69, 9.17) is 4.74 Å². The lowest BCUT2D eigenvalue weighted by Gasteiger charge is -2.69. The van der Waals surface area contributed by atoms with E-state index >= 15 is 0 Å². The Kier molecular flexibility index (Phi) is 4.52. The fourth-order valence-electron chi connectivity index (χ4n) is 8.70. The first-order valence-corrected chi connectivity index (χ1v) is 11.9. The number of aliphatic hydroxyl groups is 1. The molecular weight excluding hydrogens is 392 g/mol. The summed E-state index contributed by atoms with van der Waals surface area (Å²) in [5, 5.41) is 11.5. The van der Waals surface area contributed by atoms with Crippen molar-refractivity contribution in [2.75, 3.05) is 6.61 Å². The molecule has 1 heterocycles. The fourth-order valence-corrected chi connectivity index (χ4v) is 8.70. The van der Waals surface area contributed by atoms with Gasteiger partial charge in [0.2, 0.25) is 0 Å². The van der Waals surface area contributed by atoms with Crippen molar-refractivity contribution in [1.82, 2.24) is 0 Å². The lowest BCUT2D eigenvalue weighted by Crippen LogP contribution is -2.68. The third kappa shape index (κ3) is 2.81. The molecule has 4 fully saturated rings. The fraction of sp³-hybridized carbons (Fsp3) is 0.731. The van der Waals surface area contributed by atoms with Crippen molar-refractivity contribution in [1.29, 1.82) is 0 Å². The van der Waals surface area contributed by atoms with Crippen molar-refractivity contribution < 1.29 is 24.2 Å². The average molecular weight is 427 g/mol. The molecule has 5 nitrogen and oxygen atoms in total. The molecule has 0 amide bonds. The summed E-state index contributed by atoms with van der Waals surface area (Å²) in [5.74, 6) is 0.244. The Morgan fingerprint density at radius 3 is 2.52 bits per heavy atom. The standard InChI is InChI=1S/C26H34O5/c1-23-11-7-20-24(2)9-4-10-26(20,15-31-22(24)29)19(23)8-12-25(3,30)21(23)14-16-13-17(27)5-6-18(16)28/h5-6,13,19-21,30H,4,7-12,14-15H2,1-3H3/t19-,20-,21-,23+,24-,25-,26-/m0/s1. The third-order valence-corrected chi connectivity index (χ3v) is 10.1. The monoisotopic (exact) mass is 426 g/mol. The van der Waals surface area contributed by atoms with Crippen molar-refractivity contribution >= 4 is 17.5 Å². The molecule has 5 heteroatoms. The predicted molar refractivity (Wildman–Crippen MR) is 115 cm³/mol. The number of carbonyl (C=O) groups excluding carboxylic acids is 3. The maximum absolute atomic E-state index is 12.8. The molecule has 7 atom stereocenters. The van der Waals surface area contributed by atoms with E-state index in [1.54, 1.807) is 0 Å². The normalized spacial score (nSPS) is 49.1. The van der Waals surface area contributed by atoms with Gasteiger partial charge in [-0.2, -0.15) is 0 Å². The molecule has 0 unspecified atom stereocenters.